The summed E-state index contributed by atoms with van der Waals surface area (Å²) >= 11 is 0. The second-order valence-corrected chi connectivity index (χ2v) is 9.36. The number of rotatable bonds is 18. The lowest BCUT2D eigenvalue weighted by Gasteiger charge is -2.10. The molecule has 0 aliphatic rings. The first-order chi connectivity index (χ1) is 17.9. The van der Waals surface area contributed by atoms with E-state index in [0.29, 0.717) is 12.1 Å². The topological polar surface area (TPSA) is 52.6 Å². The minimum atomic E-state index is -1.33. The molecule has 4 nitrogen and oxygen atoms in total. The quantitative estimate of drug-likeness (QED) is 0.112. The van der Waals surface area contributed by atoms with Gasteiger partial charge in [-0.25, -0.2) is 22.8 Å². The zero-order valence-electron chi connectivity index (χ0n) is 21.8. The summed E-state index contributed by atoms with van der Waals surface area (Å²) in [6.45, 7) is 1.88. The van der Waals surface area contributed by atoms with E-state index in [2.05, 4.69) is 6.92 Å². The molecule has 0 aliphatic carbocycles. The molecule has 37 heavy (non-hydrogen) atoms. The fourth-order valence-corrected chi connectivity index (χ4v) is 4.10. The van der Waals surface area contributed by atoms with Crippen LogP contribution in [0, 0.1) is 17.5 Å². The van der Waals surface area contributed by atoms with Crippen molar-refractivity contribution in [1.82, 2.24) is 0 Å². The van der Waals surface area contributed by atoms with Gasteiger partial charge in [0.2, 0.25) is 0 Å². The monoisotopic (exact) mass is 520 g/mol. The van der Waals surface area contributed by atoms with Crippen molar-refractivity contribution in [2.45, 2.75) is 97.0 Å². The van der Waals surface area contributed by atoms with Gasteiger partial charge in [0.15, 0.2) is 11.6 Å². The molecule has 2 aromatic rings. The molecule has 0 N–H and O–H groups in total. The maximum atomic E-state index is 13.8. The van der Waals surface area contributed by atoms with Crippen molar-refractivity contribution >= 4 is 11.9 Å². The van der Waals surface area contributed by atoms with Crippen molar-refractivity contribution in [3.05, 3.63) is 70.5 Å². The van der Waals surface area contributed by atoms with Crippen LogP contribution in [0.5, 0.6) is 0 Å². The Bertz CT molecular complexity index is 977. The molecule has 0 aromatic heterocycles. The second kappa shape index (κ2) is 17.6. The Balaban J connectivity index is 1.65. The molecule has 0 atom stereocenters. The summed E-state index contributed by atoms with van der Waals surface area (Å²) in [6, 6.07) is 7.01. The van der Waals surface area contributed by atoms with Crippen LogP contribution >= 0.6 is 0 Å². The second-order valence-electron chi connectivity index (χ2n) is 9.36. The Labute approximate surface area is 218 Å². The number of hydrogen-bond donors (Lipinski definition) is 0. The molecule has 0 heterocycles. The number of hydrogen-bond acceptors (Lipinski definition) is 4. The summed E-state index contributed by atoms with van der Waals surface area (Å²) in [5.74, 6) is -5.14. The van der Waals surface area contributed by atoms with Crippen molar-refractivity contribution in [2.75, 3.05) is 6.61 Å². The highest BCUT2D eigenvalue weighted by molar-refractivity contribution is 6.03. The number of esters is 2. The zero-order valence-corrected chi connectivity index (χ0v) is 21.8. The Morgan fingerprint density at radius 3 is 1.62 bits per heavy atom. The molecule has 0 fully saturated rings. The smallest absolute Gasteiger partial charge is 0.339 e. The summed E-state index contributed by atoms with van der Waals surface area (Å²) in [5, 5.41) is 0. The summed E-state index contributed by atoms with van der Waals surface area (Å²) in [6.07, 6.45) is 15.8. The molecule has 204 valence electrons. The van der Waals surface area contributed by atoms with E-state index in [1.165, 1.54) is 76.3 Å². The molecule has 0 bridgehead atoms. The third-order valence-electron chi connectivity index (χ3n) is 6.30. The van der Waals surface area contributed by atoms with Crippen LogP contribution in [0.3, 0.4) is 0 Å². The average Bonchev–Trinajstić information content (AvgIpc) is 2.89. The van der Waals surface area contributed by atoms with Crippen LogP contribution in [0.1, 0.15) is 117 Å². The Hall–Kier alpha value is -2.83. The number of ether oxygens (including phenoxy) is 2. The van der Waals surface area contributed by atoms with Crippen molar-refractivity contribution in [2.24, 2.45) is 0 Å². The average molecular weight is 521 g/mol. The van der Waals surface area contributed by atoms with Crippen LogP contribution in [0.15, 0.2) is 36.4 Å². The maximum absolute atomic E-state index is 13.8. The zero-order chi connectivity index (χ0) is 26.9. The highest BCUT2D eigenvalue weighted by Gasteiger charge is 2.20. The molecule has 0 unspecified atom stereocenters. The predicted octanol–water partition coefficient (Wildman–Crippen LogP) is 8.71. The van der Waals surface area contributed by atoms with Gasteiger partial charge in [-0.05, 0) is 24.6 Å². The Morgan fingerprint density at radius 2 is 1.08 bits per heavy atom. The van der Waals surface area contributed by atoms with Gasteiger partial charge in [0.1, 0.15) is 12.4 Å². The SMILES string of the molecule is CCCCCCCCCCCCCCCOC(=O)c1ccccc1C(=O)OCc1cc(F)c(F)cc1F. The third-order valence-corrected chi connectivity index (χ3v) is 6.30. The van der Waals surface area contributed by atoms with E-state index in [0.717, 1.165) is 19.3 Å². The fourth-order valence-electron chi connectivity index (χ4n) is 4.10. The van der Waals surface area contributed by atoms with Crippen LogP contribution < -0.4 is 0 Å². The molecule has 2 rings (SSSR count). The largest absolute Gasteiger partial charge is 0.462 e. The fraction of sp³-hybridized carbons (Fsp3) is 0.533. The molecule has 7 heteroatoms. The molecule has 0 spiro atoms. The van der Waals surface area contributed by atoms with E-state index in [1.54, 1.807) is 12.1 Å². The van der Waals surface area contributed by atoms with E-state index in [9.17, 15) is 22.8 Å². The standard InChI is InChI=1S/C30H39F3O4/c1-2-3-4-5-6-7-8-9-10-11-12-13-16-19-36-29(34)24-17-14-15-18-25(24)30(35)37-22-23-20-27(32)28(33)21-26(23)31/h14-15,17-18,20-21H,2-13,16,19,22H2,1H3. The van der Waals surface area contributed by atoms with Gasteiger partial charge in [-0.3, -0.25) is 0 Å². The van der Waals surface area contributed by atoms with Gasteiger partial charge in [-0.1, -0.05) is 96.1 Å². The summed E-state index contributed by atoms with van der Waals surface area (Å²) in [5.41, 5.74) is -0.316. The van der Waals surface area contributed by atoms with Gasteiger partial charge in [-0.2, -0.15) is 0 Å². The van der Waals surface area contributed by atoms with Gasteiger partial charge >= 0.3 is 11.9 Å². The number of halogens is 3. The van der Waals surface area contributed by atoms with Gasteiger partial charge in [-0.15, -0.1) is 0 Å². The Morgan fingerprint density at radius 1 is 0.622 bits per heavy atom. The highest BCUT2D eigenvalue weighted by Crippen LogP contribution is 2.18. The molecule has 0 saturated carbocycles. The van der Waals surface area contributed by atoms with E-state index in [-0.39, 0.29) is 23.3 Å². The number of carbonyl (C=O) groups is 2. The van der Waals surface area contributed by atoms with Crippen LogP contribution in [0.2, 0.25) is 0 Å². The van der Waals surface area contributed by atoms with E-state index < -0.39 is 36.0 Å². The lowest BCUT2D eigenvalue weighted by atomic mass is 10.0. The molecule has 0 amide bonds. The Kier molecular flexibility index (Phi) is 14.5. The van der Waals surface area contributed by atoms with E-state index in [4.69, 9.17) is 9.47 Å². The predicted molar refractivity (Wildman–Crippen MR) is 138 cm³/mol. The lowest BCUT2D eigenvalue weighted by molar-refractivity contribution is 0.0433. The van der Waals surface area contributed by atoms with Gasteiger partial charge in [0, 0.05) is 11.6 Å². The summed E-state index contributed by atoms with van der Waals surface area (Å²) < 4.78 is 50.6. The normalized spacial score (nSPS) is 10.9. The summed E-state index contributed by atoms with van der Waals surface area (Å²) in [4.78, 5) is 25.0. The van der Waals surface area contributed by atoms with Crippen LogP contribution in [-0.2, 0) is 16.1 Å². The molecular formula is C30H39F3O4. The number of benzene rings is 2. The molecule has 0 radical (unpaired) electrons. The number of unbranched alkanes of at least 4 members (excludes halogenated alkanes) is 12. The summed E-state index contributed by atoms with van der Waals surface area (Å²) in [7, 11) is 0. The maximum Gasteiger partial charge on any atom is 0.339 e. The van der Waals surface area contributed by atoms with Crippen LogP contribution in [-0.4, -0.2) is 18.5 Å². The first-order valence-corrected chi connectivity index (χ1v) is 13.5. The third kappa shape index (κ3) is 11.4. The van der Waals surface area contributed by atoms with Crippen molar-refractivity contribution in [3.8, 4) is 0 Å². The van der Waals surface area contributed by atoms with Crippen LogP contribution in [0.25, 0.3) is 0 Å². The minimum absolute atomic E-state index is 0.0351. The number of carbonyl (C=O) groups excluding carboxylic acids is 2. The van der Waals surface area contributed by atoms with Crippen LogP contribution in [0.4, 0.5) is 13.2 Å². The molecule has 0 saturated heterocycles. The minimum Gasteiger partial charge on any atom is -0.462 e. The van der Waals surface area contributed by atoms with Gasteiger partial charge in [0.05, 0.1) is 17.7 Å². The molecular weight excluding hydrogens is 481 g/mol. The lowest BCUT2D eigenvalue weighted by Crippen LogP contribution is -2.15. The van der Waals surface area contributed by atoms with Gasteiger partial charge in [0.25, 0.3) is 0 Å². The van der Waals surface area contributed by atoms with Crippen molar-refractivity contribution in [3.63, 3.8) is 0 Å². The van der Waals surface area contributed by atoms with Crippen molar-refractivity contribution in [1.29, 1.82) is 0 Å². The molecule has 2 aromatic carbocycles. The first-order valence-electron chi connectivity index (χ1n) is 13.5. The van der Waals surface area contributed by atoms with E-state index in [1.807, 2.05) is 0 Å². The van der Waals surface area contributed by atoms with Crippen molar-refractivity contribution < 1.29 is 32.2 Å². The van der Waals surface area contributed by atoms with E-state index >= 15 is 0 Å². The van der Waals surface area contributed by atoms with Gasteiger partial charge < -0.3 is 9.47 Å². The molecule has 0 aliphatic heterocycles. The highest BCUT2D eigenvalue weighted by atomic mass is 19.2. The first kappa shape index (κ1) is 30.4.